The maximum Gasteiger partial charge on any atom is 0.410 e. The number of alkyl halides is 2. The maximum absolute atomic E-state index is 14.6. The van der Waals surface area contributed by atoms with Crippen LogP contribution in [0.5, 0.6) is 5.75 Å². The summed E-state index contributed by atoms with van der Waals surface area (Å²) in [6.07, 6.45) is -0.738. The van der Waals surface area contributed by atoms with Gasteiger partial charge in [-0.1, -0.05) is 6.07 Å². The summed E-state index contributed by atoms with van der Waals surface area (Å²) in [6, 6.07) is 2.32. The smallest absolute Gasteiger partial charge is 0.410 e. The Kier molecular flexibility index (Phi) is 5.51. The minimum absolute atomic E-state index is 0.0940. The molecule has 1 N–H and O–H groups in total. The summed E-state index contributed by atoms with van der Waals surface area (Å²) in [5.41, 5.74) is -2.81. The molecular weight excluding hydrogens is 379 g/mol. The molecule has 0 radical (unpaired) electrons. The first-order valence-electron chi connectivity index (χ1n) is 9.05. The van der Waals surface area contributed by atoms with Gasteiger partial charge in [0.15, 0.2) is 0 Å². The standard InChI is InChI=1S/C19H24F3NO5/c1-18(2,3)28-17(24)23-11-7-19(25,8-12(23)10-26-9-11)15-13(20)5-4-6-14(15)27-16(21)22/h4-6,11-12,16,25H,7-10H2,1-3H3. The van der Waals surface area contributed by atoms with E-state index >= 15 is 0 Å². The van der Waals surface area contributed by atoms with E-state index in [-0.39, 0.29) is 31.6 Å². The van der Waals surface area contributed by atoms with Gasteiger partial charge in [-0.3, -0.25) is 4.90 Å². The van der Waals surface area contributed by atoms with E-state index in [0.717, 1.165) is 6.07 Å². The number of morpholine rings is 1. The SMILES string of the molecule is CC(C)(C)OC(=O)N1C2COCC1CC(O)(c1c(F)cccc1OC(F)F)C2. The molecule has 0 aromatic heterocycles. The highest BCUT2D eigenvalue weighted by Crippen LogP contribution is 2.45. The summed E-state index contributed by atoms with van der Waals surface area (Å²) in [7, 11) is 0. The van der Waals surface area contributed by atoms with Gasteiger partial charge in [0.05, 0.1) is 30.9 Å². The minimum atomic E-state index is -3.16. The number of hydrogen-bond donors (Lipinski definition) is 1. The third-order valence-electron chi connectivity index (χ3n) is 4.81. The van der Waals surface area contributed by atoms with Crippen molar-refractivity contribution in [2.24, 2.45) is 0 Å². The van der Waals surface area contributed by atoms with Crippen molar-refractivity contribution in [2.75, 3.05) is 13.2 Å². The van der Waals surface area contributed by atoms with E-state index < -0.39 is 47.6 Å². The van der Waals surface area contributed by atoms with E-state index in [1.54, 1.807) is 20.8 Å². The summed E-state index contributed by atoms with van der Waals surface area (Å²) < 4.78 is 55.5. The molecule has 1 aromatic rings. The Bertz CT molecular complexity index is 723. The van der Waals surface area contributed by atoms with Crippen LogP contribution in [-0.4, -0.2) is 53.6 Å². The molecule has 1 aromatic carbocycles. The average molecular weight is 403 g/mol. The fraction of sp³-hybridized carbons (Fsp3) is 0.632. The van der Waals surface area contributed by atoms with Crippen LogP contribution in [0.25, 0.3) is 0 Å². The van der Waals surface area contributed by atoms with Crippen LogP contribution in [0.3, 0.4) is 0 Å². The van der Waals surface area contributed by atoms with Crippen LogP contribution in [0.2, 0.25) is 0 Å². The molecule has 2 saturated heterocycles. The molecule has 2 fully saturated rings. The Morgan fingerprint density at radius 1 is 1.29 bits per heavy atom. The number of rotatable bonds is 3. The molecule has 28 heavy (non-hydrogen) atoms. The molecule has 3 rings (SSSR count). The van der Waals surface area contributed by atoms with Gasteiger partial charge in [0.25, 0.3) is 0 Å². The van der Waals surface area contributed by atoms with Crippen molar-refractivity contribution in [3.8, 4) is 5.75 Å². The van der Waals surface area contributed by atoms with Crippen molar-refractivity contribution in [1.29, 1.82) is 0 Å². The molecule has 2 aliphatic heterocycles. The van der Waals surface area contributed by atoms with Gasteiger partial charge in [0, 0.05) is 12.8 Å². The topological polar surface area (TPSA) is 68.2 Å². The molecule has 6 nitrogen and oxygen atoms in total. The first-order valence-corrected chi connectivity index (χ1v) is 9.05. The van der Waals surface area contributed by atoms with E-state index in [9.17, 15) is 23.1 Å². The summed E-state index contributed by atoms with van der Waals surface area (Å²) in [4.78, 5) is 14.1. The van der Waals surface area contributed by atoms with Gasteiger partial charge in [0.2, 0.25) is 0 Å². The number of fused-ring (bicyclic) bond motifs is 2. The predicted octanol–water partition coefficient (Wildman–Crippen LogP) is 3.41. The first kappa shape index (κ1) is 20.7. The second-order valence-corrected chi connectivity index (χ2v) is 8.16. The van der Waals surface area contributed by atoms with Crippen molar-refractivity contribution in [3.05, 3.63) is 29.6 Å². The van der Waals surface area contributed by atoms with Crippen LogP contribution >= 0.6 is 0 Å². The van der Waals surface area contributed by atoms with Crippen molar-refractivity contribution in [3.63, 3.8) is 0 Å². The van der Waals surface area contributed by atoms with Gasteiger partial charge in [-0.15, -0.1) is 0 Å². The number of halogens is 3. The lowest BCUT2D eigenvalue weighted by molar-refractivity contribution is -0.143. The number of ether oxygens (including phenoxy) is 3. The largest absolute Gasteiger partial charge is 0.444 e. The molecule has 0 aliphatic carbocycles. The van der Waals surface area contributed by atoms with Gasteiger partial charge in [0.1, 0.15) is 22.8 Å². The lowest BCUT2D eigenvalue weighted by Gasteiger charge is -2.51. The van der Waals surface area contributed by atoms with Crippen LogP contribution in [0.15, 0.2) is 18.2 Å². The zero-order valence-electron chi connectivity index (χ0n) is 16.0. The fourth-order valence-corrected chi connectivity index (χ4v) is 3.94. The van der Waals surface area contributed by atoms with Crippen LogP contribution in [-0.2, 0) is 15.1 Å². The quantitative estimate of drug-likeness (QED) is 0.838. The normalized spacial score (nSPS) is 27.6. The zero-order valence-corrected chi connectivity index (χ0v) is 16.0. The van der Waals surface area contributed by atoms with Gasteiger partial charge >= 0.3 is 12.7 Å². The van der Waals surface area contributed by atoms with Gasteiger partial charge in [-0.2, -0.15) is 8.78 Å². The Hall–Kier alpha value is -2.00. The van der Waals surface area contributed by atoms with E-state index in [2.05, 4.69) is 4.74 Å². The second kappa shape index (κ2) is 7.44. The minimum Gasteiger partial charge on any atom is -0.444 e. The first-order chi connectivity index (χ1) is 13.0. The predicted molar refractivity (Wildman–Crippen MR) is 92.6 cm³/mol. The van der Waals surface area contributed by atoms with E-state index in [1.807, 2.05) is 0 Å². The third-order valence-corrected chi connectivity index (χ3v) is 4.81. The Balaban J connectivity index is 1.92. The lowest BCUT2D eigenvalue weighted by Crippen LogP contribution is -2.63. The summed E-state index contributed by atoms with van der Waals surface area (Å²) in [6.45, 7) is 2.31. The molecule has 2 bridgehead atoms. The molecular formula is C19H24F3NO5. The number of benzene rings is 1. The van der Waals surface area contributed by atoms with Gasteiger partial charge in [-0.05, 0) is 32.9 Å². The maximum atomic E-state index is 14.6. The fourth-order valence-electron chi connectivity index (χ4n) is 3.94. The number of piperidine rings is 1. The Labute approximate surface area is 161 Å². The van der Waals surface area contributed by atoms with Crippen LogP contribution in [0.1, 0.15) is 39.2 Å². The van der Waals surface area contributed by atoms with E-state index in [4.69, 9.17) is 9.47 Å². The van der Waals surface area contributed by atoms with Crippen LogP contribution in [0, 0.1) is 5.82 Å². The van der Waals surface area contributed by atoms with E-state index in [0.29, 0.717) is 0 Å². The Morgan fingerprint density at radius 2 is 1.89 bits per heavy atom. The molecule has 0 saturated carbocycles. The highest BCUT2D eigenvalue weighted by molar-refractivity contribution is 5.69. The zero-order chi connectivity index (χ0) is 20.7. The number of aliphatic hydroxyl groups is 1. The number of carbonyl (C=O) groups excluding carboxylic acids is 1. The van der Waals surface area contributed by atoms with Crippen molar-refractivity contribution in [1.82, 2.24) is 4.90 Å². The summed E-state index contributed by atoms with van der Waals surface area (Å²) >= 11 is 0. The van der Waals surface area contributed by atoms with Gasteiger partial charge < -0.3 is 19.3 Å². The highest BCUT2D eigenvalue weighted by atomic mass is 19.3. The molecule has 9 heteroatoms. The van der Waals surface area contributed by atoms with Crippen molar-refractivity contribution >= 4 is 6.09 Å². The molecule has 2 atom stereocenters. The van der Waals surface area contributed by atoms with E-state index in [1.165, 1.54) is 17.0 Å². The van der Waals surface area contributed by atoms with Crippen LogP contribution < -0.4 is 4.74 Å². The lowest BCUT2D eigenvalue weighted by atomic mass is 9.76. The third kappa shape index (κ3) is 4.20. The second-order valence-electron chi connectivity index (χ2n) is 8.16. The van der Waals surface area contributed by atoms with Crippen molar-refractivity contribution < 1.29 is 37.3 Å². The molecule has 2 unspecified atom stereocenters. The summed E-state index contributed by atoms with van der Waals surface area (Å²) in [5, 5.41) is 11.3. The number of hydrogen-bond acceptors (Lipinski definition) is 5. The summed E-state index contributed by atoms with van der Waals surface area (Å²) in [5.74, 6) is -1.26. The molecule has 2 heterocycles. The molecule has 156 valence electrons. The molecule has 1 amide bonds. The monoisotopic (exact) mass is 403 g/mol. The molecule has 2 aliphatic rings. The molecule has 0 spiro atoms. The highest BCUT2D eigenvalue weighted by Gasteiger charge is 2.51. The Morgan fingerprint density at radius 3 is 2.43 bits per heavy atom. The van der Waals surface area contributed by atoms with Crippen molar-refractivity contribution in [2.45, 2.75) is 63.5 Å². The van der Waals surface area contributed by atoms with Crippen LogP contribution in [0.4, 0.5) is 18.0 Å². The number of carbonyl (C=O) groups is 1. The number of amides is 1. The average Bonchev–Trinajstić information content (AvgIpc) is 2.51. The van der Waals surface area contributed by atoms with Gasteiger partial charge in [-0.25, -0.2) is 9.18 Å². The number of nitrogens with zero attached hydrogens (tertiary/aromatic N) is 1.